The molecule has 0 saturated heterocycles. The molecule has 1 aliphatic rings. The number of rotatable bonds is 6. The molecule has 1 heterocycles. The molecule has 4 rings (SSSR count). The number of H-pyrrole nitrogens is 1. The van der Waals surface area contributed by atoms with Crippen molar-refractivity contribution in [2.24, 2.45) is 11.7 Å². The summed E-state index contributed by atoms with van der Waals surface area (Å²) in [6, 6.07) is 16.0. The van der Waals surface area contributed by atoms with Gasteiger partial charge in [-0.3, -0.25) is 9.59 Å². The minimum atomic E-state index is -0.178. The first-order chi connectivity index (χ1) is 14.1. The average Bonchev–Trinajstić information content (AvgIpc) is 2.76. The van der Waals surface area contributed by atoms with Crippen LogP contribution in [-0.4, -0.2) is 22.6 Å². The van der Waals surface area contributed by atoms with E-state index in [1.54, 1.807) is 6.07 Å². The molecule has 29 heavy (non-hydrogen) atoms. The van der Waals surface area contributed by atoms with E-state index in [9.17, 15) is 9.59 Å². The summed E-state index contributed by atoms with van der Waals surface area (Å²) in [5, 5.41) is 11.6. The number of carbonyl (C=O) groups excluding carboxylic acids is 1. The van der Waals surface area contributed by atoms with Crippen LogP contribution in [-0.2, 0) is 11.2 Å². The van der Waals surface area contributed by atoms with E-state index in [1.807, 2.05) is 18.2 Å². The summed E-state index contributed by atoms with van der Waals surface area (Å²) >= 11 is 0. The second-order valence-corrected chi connectivity index (χ2v) is 7.77. The van der Waals surface area contributed by atoms with Crippen LogP contribution in [0.15, 0.2) is 53.3 Å². The predicted molar refractivity (Wildman–Crippen MR) is 115 cm³/mol. The fourth-order valence-corrected chi connectivity index (χ4v) is 4.41. The van der Waals surface area contributed by atoms with Crippen LogP contribution in [0.3, 0.4) is 0 Å². The number of aromatic nitrogens is 2. The minimum Gasteiger partial charge on any atom is -0.369 e. The lowest BCUT2D eigenvalue weighted by Gasteiger charge is -2.28. The van der Waals surface area contributed by atoms with Crippen molar-refractivity contribution in [2.75, 3.05) is 11.9 Å². The quantitative estimate of drug-likeness (QED) is 0.601. The number of nitrogens with one attached hydrogen (secondary N) is 2. The van der Waals surface area contributed by atoms with Gasteiger partial charge in [-0.15, -0.1) is 0 Å². The van der Waals surface area contributed by atoms with Crippen LogP contribution in [0.4, 0.5) is 5.82 Å². The first kappa shape index (κ1) is 19.2. The van der Waals surface area contributed by atoms with Gasteiger partial charge in [0.05, 0.1) is 5.39 Å². The van der Waals surface area contributed by atoms with Crippen molar-refractivity contribution < 1.29 is 4.79 Å². The Kier molecular flexibility index (Phi) is 5.60. The number of anilines is 1. The second kappa shape index (κ2) is 8.47. The number of nitrogens with zero attached hydrogens (tertiary/aromatic N) is 1. The predicted octanol–water partition coefficient (Wildman–Crippen LogP) is 3.34. The highest BCUT2D eigenvalue weighted by Gasteiger charge is 2.26. The number of carbonyl (C=O) groups is 1. The molecule has 0 aliphatic heterocycles. The molecule has 6 heteroatoms. The summed E-state index contributed by atoms with van der Waals surface area (Å²) in [6.45, 7) is 0.719. The van der Waals surface area contributed by atoms with Crippen LogP contribution in [0, 0.1) is 5.92 Å². The minimum absolute atomic E-state index is 0.0275. The molecule has 0 bridgehead atoms. The van der Waals surface area contributed by atoms with Crippen LogP contribution < -0.4 is 16.6 Å². The number of hydrogen-bond donors (Lipinski definition) is 3. The zero-order chi connectivity index (χ0) is 20.2. The lowest BCUT2D eigenvalue weighted by Crippen LogP contribution is -2.27. The Labute approximate surface area is 169 Å². The van der Waals surface area contributed by atoms with Gasteiger partial charge in [0.2, 0.25) is 5.91 Å². The third-order valence-corrected chi connectivity index (χ3v) is 6.01. The maximum absolute atomic E-state index is 11.9. The molecular weight excluding hydrogens is 364 g/mol. The van der Waals surface area contributed by atoms with Crippen LogP contribution in [0.25, 0.3) is 10.8 Å². The summed E-state index contributed by atoms with van der Waals surface area (Å²) in [5.74, 6) is 1.04. The lowest BCUT2D eigenvalue weighted by atomic mass is 9.77. The lowest BCUT2D eigenvalue weighted by molar-refractivity contribution is -0.122. The maximum Gasteiger partial charge on any atom is 0.272 e. The van der Waals surface area contributed by atoms with Gasteiger partial charge in [0.1, 0.15) is 0 Å². The largest absolute Gasteiger partial charge is 0.369 e. The molecule has 150 valence electrons. The van der Waals surface area contributed by atoms with Gasteiger partial charge in [0.15, 0.2) is 5.82 Å². The standard InChI is InChI=1S/C23H26N4O2/c24-21(28)17-11-9-16(10-12-17)18-6-2-1-5-15(18)13-14-25-22-19-7-3-4-8-20(19)23(29)27-26-22/h1-8,16-17H,9-14H2,(H2,24,28)(H,25,26)(H,27,29). The molecule has 1 amide bonds. The topological polar surface area (TPSA) is 101 Å². The molecule has 3 aromatic rings. The van der Waals surface area contributed by atoms with E-state index < -0.39 is 0 Å². The van der Waals surface area contributed by atoms with E-state index in [4.69, 9.17) is 5.73 Å². The number of nitrogens with two attached hydrogens (primary N) is 1. The fraction of sp³-hybridized carbons (Fsp3) is 0.348. The number of aromatic amines is 1. The Balaban J connectivity index is 1.45. The molecule has 4 N–H and O–H groups in total. The zero-order valence-electron chi connectivity index (χ0n) is 16.4. The SMILES string of the molecule is NC(=O)C1CCC(c2ccccc2CCNc2n[nH]c(=O)c3ccccc23)CC1. The van der Waals surface area contributed by atoms with Crippen LogP contribution >= 0.6 is 0 Å². The summed E-state index contributed by atoms with van der Waals surface area (Å²) in [4.78, 5) is 23.4. The number of fused-ring (bicyclic) bond motifs is 1. The van der Waals surface area contributed by atoms with E-state index >= 15 is 0 Å². The number of hydrogen-bond acceptors (Lipinski definition) is 4. The van der Waals surface area contributed by atoms with Crippen molar-refractivity contribution in [3.05, 3.63) is 70.0 Å². The molecule has 0 unspecified atom stereocenters. The van der Waals surface area contributed by atoms with Crippen molar-refractivity contribution in [2.45, 2.75) is 38.0 Å². The van der Waals surface area contributed by atoms with Crippen molar-refractivity contribution in [3.8, 4) is 0 Å². The summed E-state index contributed by atoms with van der Waals surface area (Å²) in [7, 11) is 0. The molecule has 1 aliphatic carbocycles. The molecule has 6 nitrogen and oxygen atoms in total. The average molecular weight is 390 g/mol. The van der Waals surface area contributed by atoms with E-state index in [2.05, 4.69) is 39.8 Å². The number of amides is 1. The van der Waals surface area contributed by atoms with Crippen molar-refractivity contribution in [1.82, 2.24) is 10.2 Å². The van der Waals surface area contributed by atoms with E-state index in [1.165, 1.54) is 11.1 Å². The van der Waals surface area contributed by atoms with E-state index in [0.717, 1.165) is 44.0 Å². The Morgan fingerprint density at radius 3 is 2.48 bits per heavy atom. The highest BCUT2D eigenvalue weighted by molar-refractivity contribution is 5.90. The molecule has 2 aromatic carbocycles. The van der Waals surface area contributed by atoms with Crippen LogP contribution in [0.1, 0.15) is 42.7 Å². The first-order valence-electron chi connectivity index (χ1n) is 10.2. The molecule has 0 spiro atoms. The normalized spacial score (nSPS) is 19.2. The number of primary amides is 1. The summed E-state index contributed by atoms with van der Waals surface area (Å²) < 4.78 is 0. The van der Waals surface area contributed by atoms with Gasteiger partial charge in [-0.25, -0.2) is 5.10 Å². The molecule has 0 radical (unpaired) electrons. The second-order valence-electron chi connectivity index (χ2n) is 7.77. The van der Waals surface area contributed by atoms with E-state index in [-0.39, 0.29) is 17.4 Å². The molecular formula is C23H26N4O2. The number of benzene rings is 2. The smallest absolute Gasteiger partial charge is 0.272 e. The van der Waals surface area contributed by atoms with Gasteiger partial charge in [0, 0.05) is 17.8 Å². The Morgan fingerprint density at radius 1 is 1.03 bits per heavy atom. The summed E-state index contributed by atoms with van der Waals surface area (Å²) in [6.07, 6.45) is 4.62. The Hall–Kier alpha value is -3.15. The van der Waals surface area contributed by atoms with Gasteiger partial charge in [-0.1, -0.05) is 42.5 Å². The van der Waals surface area contributed by atoms with Crippen molar-refractivity contribution >= 4 is 22.5 Å². The van der Waals surface area contributed by atoms with Gasteiger partial charge in [0.25, 0.3) is 5.56 Å². The van der Waals surface area contributed by atoms with Gasteiger partial charge >= 0.3 is 0 Å². The summed E-state index contributed by atoms with van der Waals surface area (Å²) in [5.41, 5.74) is 7.99. The fourth-order valence-electron chi connectivity index (χ4n) is 4.41. The molecule has 1 fully saturated rings. The first-order valence-corrected chi connectivity index (χ1v) is 10.2. The van der Waals surface area contributed by atoms with E-state index in [0.29, 0.717) is 17.1 Å². The van der Waals surface area contributed by atoms with Gasteiger partial charge in [-0.05, 0) is 55.2 Å². The Bertz CT molecular complexity index is 1070. The maximum atomic E-state index is 11.9. The third-order valence-electron chi connectivity index (χ3n) is 6.01. The monoisotopic (exact) mass is 390 g/mol. The van der Waals surface area contributed by atoms with Crippen molar-refractivity contribution in [1.29, 1.82) is 0 Å². The van der Waals surface area contributed by atoms with Crippen molar-refractivity contribution in [3.63, 3.8) is 0 Å². The molecule has 0 atom stereocenters. The zero-order valence-corrected chi connectivity index (χ0v) is 16.4. The molecule has 1 saturated carbocycles. The highest BCUT2D eigenvalue weighted by Crippen LogP contribution is 2.37. The molecule has 1 aromatic heterocycles. The Morgan fingerprint density at radius 2 is 1.72 bits per heavy atom. The highest BCUT2D eigenvalue weighted by atomic mass is 16.1. The van der Waals surface area contributed by atoms with Crippen LogP contribution in [0.5, 0.6) is 0 Å². The van der Waals surface area contributed by atoms with Gasteiger partial charge in [-0.2, -0.15) is 5.10 Å². The van der Waals surface area contributed by atoms with Crippen LogP contribution in [0.2, 0.25) is 0 Å². The van der Waals surface area contributed by atoms with Gasteiger partial charge < -0.3 is 11.1 Å². The third kappa shape index (κ3) is 4.16.